The minimum Gasteiger partial charge on any atom is -0.357 e. The van der Waals surface area contributed by atoms with Crippen molar-refractivity contribution in [2.45, 2.75) is 25.8 Å². The summed E-state index contributed by atoms with van der Waals surface area (Å²) >= 11 is 0. The molecule has 0 spiro atoms. The van der Waals surface area contributed by atoms with Crippen molar-refractivity contribution < 1.29 is 0 Å². The number of aryl methyl sites for hydroxylation is 1. The molecule has 0 amide bonds. The van der Waals surface area contributed by atoms with E-state index in [9.17, 15) is 0 Å². The molecule has 1 aromatic rings. The predicted molar refractivity (Wildman–Crippen MR) is 60.4 cm³/mol. The van der Waals surface area contributed by atoms with Gasteiger partial charge in [0.2, 0.25) is 0 Å². The van der Waals surface area contributed by atoms with Crippen LogP contribution in [0.3, 0.4) is 0 Å². The predicted octanol–water partition coefficient (Wildman–Crippen LogP) is 2.46. The number of hydrogen-bond donors (Lipinski definition) is 0. The van der Waals surface area contributed by atoms with Gasteiger partial charge >= 0.3 is 0 Å². The van der Waals surface area contributed by atoms with Crippen LogP contribution < -0.4 is 4.90 Å². The number of anilines is 1. The summed E-state index contributed by atoms with van der Waals surface area (Å²) < 4.78 is 0. The topological polar surface area (TPSA) is 3.24 Å². The first-order valence-corrected chi connectivity index (χ1v) is 5.11. The van der Waals surface area contributed by atoms with E-state index < -0.39 is 0 Å². The first-order valence-electron chi connectivity index (χ1n) is 5.11. The highest BCUT2D eigenvalue weighted by atomic mass is 15.2. The Morgan fingerprint density at radius 1 is 1.50 bits per heavy atom. The van der Waals surface area contributed by atoms with Crippen molar-refractivity contribution in [2.75, 3.05) is 11.4 Å². The minimum atomic E-state index is 0.570. The highest BCUT2D eigenvalue weighted by Crippen LogP contribution is 2.29. The van der Waals surface area contributed by atoms with Crippen LogP contribution in [0.15, 0.2) is 24.3 Å². The van der Waals surface area contributed by atoms with E-state index in [1.807, 2.05) is 0 Å². The van der Waals surface area contributed by atoms with Crippen LogP contribution in [-0.4, -0.2) is 12.6 Å². The molecule has 1 nitrogen and oxygen atoms in total. The molecule has 2 rings (SSSR count). The quantitative estimate of drug-likeness (QED) is 0.607. The molecule has 1 aliphatic heterocycles. The molecule has 1 unspecified atom stereocenters. The second-order valence-electron chi connectivity index (χ2n) is 3.85. The largest absolute Gasteiger partial charge is 0.357 e. The van der Waals surface area contributed by atoms with E-state index in [1.165, 1.54) is 24.1 Å². The monoisotopic (exact) mass is 185 g/mol. The fourth-order valence-electron chi connectivity index (χ4n) is 2.10. The van der Waals surface area contributed by atoms with Crippen LogP contribution in [0.4, 0.5) is 5.69 Å². The molecule has 14 heavy (non-hydrogen) atoms. The maximum Gasteiger partial charge on any atom is 0.0794 e. The molecule has 1 heterocycles. The smallest absolute Gasteiger partial charge is 0.0794 e. The molecule has 1 aromatic carbocycles. The van der Waals surface area contributed by atoms with Crippen molar-refractivity contribution in [1.29, 1.82) is 0 Å². The van der Waals surface area contributed by atoms with Gasteiger partial charge in [-0.25, -0.2) is 0 Å². The fraction of sp³-hybridized carbons (Fsp3) is 0.385. The average molecular weight is 185 g/mol. The summed E-state index contributed by atoms with van der Waals surface area (Å²) in [5.74, 6) is 2.73. The van der Waals surface area contributed by atoms with Crippen LogP contribution in [0.2, 0.25) is 0 Å². The van der Waals surface area contributed by atoms with E-state index in [1.54, 1.807) is 0 Å². The van der Waals surface area contributed by atoms with E-state index in [4.69, 9.17) is 6.42 Å². The number of benzene rings is 1. The molecular weight excluding hydrogens is 170 g/mol. The molecular formula is C13H15N. The SMILES string of the molecule is C#CCN1c2ccccc2CCC1C. The number of nitrogens with zero attached hydrogens (tertiary/aromatic N) is 1. The van der Waals surface area contributed by atoms with Gasteiger partial charge in [-0.3, -0.25) is 0 Å². The Balaban J connectivity index is 2.37. The van der Waals surface area contributed by atoms with E-state index in [0.717, 1.165) is 6.54 Å². The van der Waals surface area contributed by atoms with Crippen molar-refractivity contribution in [3.8, 4) is 12.3 Å². The Kier molecular flexibility index (Phi) is 2.45. The zero-order valence-corrected chi connectivity index (χ0v) is 8.53. The summed E-state index contributed by atoms with van der Waals surface area (Å²) in [6.07, 6.45) is 7.77. The number of fused-ring (bicyclic) bond motifs is 1. The van der Waals surface area contributed by atoms with Gasteiger partial charge in [-0.2, -0.15) is 0 Å². The summed E-state index contributed by atoms with van der Waals surface area (Å²) in [6, 6.07) is 9.12. The maximum absolute atomic E-state index is 5.39. The van der Waals surface area contributed by atoms with Gasteiger partial charge in [0, 0.05) is 11.7 Å². The van der Waals surface area contributed by atoms with Gasteiger partial charge in [0.1, 0.15) is 0 Å². The zero-order valence-electron chi connectivity index (χ0n) is 8.53. The third-order valence-corrected chi connectivity index (χ3v) is 2.93. The number of rotatable bonds is 1. The van der Waals surface area contributed by atoms with E-state index in [2.05, 4.69) is 42.0 Å². The van der Waals surface area contributed by atoms with Crippen LogP contribution in [0.25, 0.3) is 0 Å². The molecule has 72 valence electrons. The van der Waals surface area contributed by atoms with Crippen molar-refractivity contribution in [3.63, 3.8) is 0 Å². The van der Waals surface area contributed by atoms with Gasteiger partial charge < -0.3 is 4.90 Å². The Labute approximate surface area is 85.7 Å². The maximum atomic E-state index is 5.39. The lowest BCUT2D eigenvalue weighted by atomic mass is 9.97. The van der Waals surface area contributed by atoms with Crippen LogP contribution in [0.1, 0.15) is 18.9 Å². The first kappa shape index (κ1) is 9.15. The molecule has 0 radical (unpaired) electrons. The van der Waals surface area contributed by atoms with Crippen molar-refractivity contribution in [3.05, 3.63) is 29.8 Å². The first-order chi connectivity index (χ1) is 6.83. The molecule has 1 heteroatoms. The molecule has 0 aliphatic carbocycles. The van der Waals surface area contributed by atoms with Crippen LogP contribution in [0, 0.1) is 12.3 Å². The zero-order chi connectivity index (χ0) is 9.97. The van der Waals surface area contributed by atoms with E-state index >= 15 is 0 Å². The summed E-state index contributed by atoms with van der Waals surface area (Å²) in [7, 11) is 0. The molecule has 0 N–H and O–H groups in total. The Morgan fingerprint density at radius 2 is 2.29 bits per heavy atom. The van der Waals surface area contributed by atoms with Gasteiger partial charge in [0.05, 0.1) is 6.54 Å². The van der Waals surface area contributed by atoms with Gasteiger partial charge in [-0.1, -0.05) is 24.1 Å². The average Bonchev–Trinajstić information content (AvgIpc) is 2.23. The second kappa shape index (κ2) is 3.75. The summed E-state index contributed by atoms with van der Waals surface area (Å²) in [5, 5.41) is 0. The lowest BCUT2D eigenvalue weighted by Crippen LogP contribution is -2.37. The summed E-state index contributed by atoms with van der Waals surface area (Å²) in [6.45, 7) is 2.96. The van der Waals surface area contributed by atoms with Gasteiger partial charge in [0.25, 0.3) is 0 Å². The molecule has 0 saturated heterocycles. The highest BCUT2D eigenvalue weighted by Gasteiger charge is 2.21. The minimum absolute atomic E-state index is 0.570. The van der Waals surface area contributed by atoms with Crippen molar-refractivity contribution >= 4 is 5.69 Å². The Bertz CT molecular complexity index is 362. The fourth-order valence-corrected chi connectivity index (χ4v) is 2.10. The molecule has 0 fully saturated rings. The second-order valence-corrected chi connectivity index (χ2v) is 3.85. The number of para-hydroxylation sites is 1. The Hall–Kier alpha value is -1.42. The number of hydrogen-bond acceptors (Lipinski definition) is 1. The molecule has 0 bridgehead atoms. The van der Waals surface area contributed by atoms with Gasteiger partial charge in [-0.15, -0.1) is 6.42 Å². The van der Waals surface area contributed by atoms with Gasteiger partial charge in [-0.05, 0) is 31.4 Å². The highest BCUT2D eigenvalue weighted by molar-refractivity contribution is 5.57. The molecule has 0 saturated carbocycles. The van der Waals surface area contributed by atoms with Gasteiger partial charge in [0.15, 0.2) is 0 Å². The lowest BCUT2D eigenvalue weighted by Gasteiger charge is -2.35. The Morgan fingerprint density at radius 3 is 3.07 bits per heavy atom. The third kappa shape index (κ3) is 1.48. The van der Waals surface area contributed by atoms with Crippen LogP contribution in [-0.2, 0) is 6.42 Å². The van der Waals surface area contributed by atoms with Crippen LogP contribution in [0.5, 0.6) is 0 Å². The van der Waals surface area contributed by atoms with E-state index in [0.29, 0.717) is 6.04 Å². The standard InChI is InChI=1S/C13H15N/c1-3-10-14-11(2)8-9-12-6-4-5-7-13(12)14/h1,4-7,11H,8-10H2,2H3. The number of terminal acetylenes is 1. The van der Waals surface area contributed by atoms with Crippen molar-refractivity contribution in [1.82, 2.24) is 0 Å². The van der Waals surface area contributed by atoms with Crippen molar-refractivity contribution in [2.24, 2.45) is 0 Å². The normalized spacial score (nSPS) is 20.0. The molecule has 1 aliphatic rings. The third-order valence-electron chi connectivity index (χ3n) is 2.93. The summed E-state index contributed by atoms with van der Waals surface area (Å²) in [4.78, 5) is 2.32. The lowest BCUT2D eigenvalue weighted by molar-refractivity contribution is 0.585. The molecule has 0 aromatic heterocycles. The van der Waals surface area contributed by atoms with E-state index in [-0.39, 0.29) is 0 Å². The van der Waals surface area contributed by atoms with Crippen LogP contribution >= 0.6 is 0 Å². The summed E-state index contributed by atoms with van der Waals surface area (Å²) in [5.41, 5.74) is 2.75. The molecule has 1 atom stereocenters.